The molecule has 0 fully saturated rings. The molecule has 1 heterocycles. The van der Waals surface area contributed by atoms with E-state index in [-0.39, 0.29) is 5.91 Å². The highest BCUT2D eigenvalue weighted by molar-refractivity contribution is 6.30. The summed E-state index contributed by atoms with van der Waals surface area (Å²) in [6, 6.07) is 3.55. The SMILES string of the molecule is CCOCCNC(=O)/C=C/c1cccnc1Cl. The summed E-state index contributed by atoms with van der Waals surface area (Å²) in [5, 5.41) is 3.07. The minimum Gasteiger partial charge on any atom is -0.380 e. The molecule has 1 rings (SSSR count). The van der Waals surface area contributed by atoms with Crippen LogP contribution in [0, 0.1) is 0 Å². The Labute approximate surface area is 106 Å². The predicted molar refractivity (Wildman–Crippen MR) is 67.8 cm³/mol. The van der Waals surface area contributed by atoms with Crippen LogP contribution in [0.1, 0.15) is 12.5 Å². The van der Waals surface area contributed by atoms with Gasteiger partial charge < -0.3 is 10.1 Å². The summed E-state index contributed by atoms with van der Waals surface area (Å²) in [5.74, 6) is -0.176. The smallest absolute Gasteiger partial charge is 0.244 e. The molecule has 0 aliphatic rings. The predicted octanol–water partition coefficient (Wildman–Crippen LogP) is 1.90. The van der Waals surface area contributed by atoms with Crippen molar-refractivity contribution < 1.29 is 9.53 Å². The van der Waals surface area contributed by atoms with Gasteiger partial charge in [-0.2, -0.15) is 0 Å². The third-order valence-electron chi connectivity index (χ3n) is 1.95. The van der Waals surface area contributed by atoms with Gasteiger partial charge in [-0.3, -0.25) is 4.79 Å². The van der Waals surface area contributed by atoms with Crippen LogP contribution in [-0.4, -0.2) is 30.6 Å². The summed E-state index contributed by atoms with van der Waals surface area (Å²) in [7, 11) is 0. The lowest BCUT2D eigenvalue weighted by atomic mass is 10.2. The van der Waals surface area contributed by atoms with Crippen molar-refractivity contribution >= 4 is 23.6 Å². The summed E-state index contributed by atoms with van der Waals surface area (Å²) in [6.45, 7) is 3.57. The molecule has 0 spiro atoms. The second kappa shape index (κ2) is 7.81. The Morgan fingerprint density at radius 1 is 1.65 bits per heavy atom. The standard InChI is InChI=1S/C12H15ClN2O2/c1-2-17-9-8-14-11(16)6-5-10-4-3-7-15-12(10)13/h3-7H,2,8-9H2,1H3,(H,14,16)/b6-5+. The van der Waals surface area contributed by atoms with Gasteiger partial charge in [0.25, 0.3) is 0 Å². The van der Waals surface area contributed by atoms with E-state index in [0.717, 1.165) is 0 Å². The van der Waals surface area contributed by atoms with Crippen molar-refractivity contribution in [3.05, 3.63) is 35.1 Å². The van der Waals surface area contributed by atoms with Crippen LogP contribution in [0.2, 0.25) is 5.15 Å². The quantitative estimate of drug-likeness (QED) is 0.479. The Bertz CT molecular complexity index is 394. The molecule has 0 aliphatic carbocycles. The van der Waals surface area contributed by atoms with Gasteiger partial charge in [-0.05, 0) is 19.1 Å². The fraction of sp³-hybridized carbons (Fsp3) is 0.333. The summed E-state index contributed by atoms with van der Waals surface area (Å²) >= 11 is 5.84. The number of hydrogen-bond donors (Lipinski definition) is 1. The van der Waals surface area contributed by atoms with Crippen molar-refractivity contribution in [2.45, 2.75) is 6.92 Å². The molecule has 0 aliphatic heterocycles. The molecule has 5 heteroatoms. The van der Waals surface area contributed by atoms with Crippen molar-refractivity contribution in [1.82, 2.24) is 10.3 Å². The van der Waals surface area contributed by atoms with Crippen LogP contribution in [0.5, 0.6) is 0 Å². The average molecular weight is 255 g/mol. The monoisotopic (exact) mass is 254 g/mol. The van der Waals surface area contributed by atoms with E-state index in [1.165, 1.54) is 6.08 Å². The summed E-state index contributed by atoms with van der Waals surface area (Å²) in [4.78, 5) is 15.3. The Kier molecular flexibility index (Phi) is 6.29. The number of carbonyl (C=O) groups excluding carboxylic acids is 1. The van der Waals surface area contributed by atoms with E-state index in [0.29, 0.717) is 30.5 Å². The van der Waals surface area contributed by atoms with Crippen LogP contribution >= 0.6 is 11.6 Å². The number of nitrogens with one attached hydrogen (secondary N) is 1. The van der Waals surface area contributed by atoms with Crippen LogP contribution in [0.15, 0.2) is 24.4 Å². The van der Waals surface area contributed by atoms with Gasteiger partial charge in [0, 0.05) is 31.0 Å². The zero-order valence-electron chi connectivity index (χ0n) is 9.65. The Balaban J connectivity index is 2.38. The Hall–Kier alpha value is -1.39. The van der Waals surface area contributed by atoms with Gasteiger partial charge in [0.15, 0.2) is 0 Å². The molecule has 1 N–H and O–H groups in total. The maximum absolute atomic E-state index is 11.4. The minimum atomic E-state index is -0.176. The molecule has 92 valence electrons. The number of aromatic nitrogens is 1. The normalized spacial score (nSPS) is 10.7. The first-order valence-electron chi connectivity index (χ1n) is 5.38. The van der Waals surface area contributed by atoms with Gasteiger partial charge in [0.2, 0.25) is 5.91 Å². The molecular formula is C12H15ClN2O2. The lowest BCUT2D eigenvalue weighted by molar-refractivity contribution is -0.116. The van der Waals surface area contributed by atoms with E-state index in [4.69, 9.17) is 16.3 Å². The van der Waals surface area contributed by atoms with E-state index >= 15 is 0 Å². The van der Waals surface area contributed by atoms with Crippen molar-refractivity contribution in [3.63, 3.8) is 0 Å². The number of halogens is 1. The van der Waals surface area contributed by atoms with E-state index in [1.807, 2.05) is 6.92 Å². The van der Waals surface area contributed by atoms with Crippen LogP contribution in [0.25, 0.3) is 6.08 Å². The lowest BCUT2D eigenvalue weighted by Gasteiger charge is -2.01. The van der Waals surface area contributed by atoms with E-state index in [2.05, 4.69) is 10.3 Å². The third-order valence-corrected chi connectivity index (χ3v) is 2.27. The molecule has 0 saturated heterocycles. The van der Waals surface area contributed by atoms with E-state index in [1.54, 1.807) is 24.4 Å². The molecule has 1 aromatic heterocycles. The molecule has 0 atom stereocenters. The highest BCUT2D eigenvalue weighted by Crippen LogP contribution is 2.12. The molecule has 1 amide bonds. The average Bonchev–Trinajstić information content (AvgIpc) is 2.34. The number of hydrogen-bond acceptors (Lipinski definition) is 3. The van der Waals surface area contributed by atoms with Crippen LogP contribution in [-0.2, 0) is 9.53 Å². The highest BCUT2D eigenvalue weighted by atomic mass is 35.5. The first-order chi connectivity index (χ1) is 8.24. The maximum atomic E-state index is 11.4. The topological polar surface area (TPSA) is 51.2 Å². The number of carbonyl (C=O) groups is 1. The first kappa shape index (κ1) is 13.7. The van der Waals surface area contributed by atoms with Gasteiger partial charge in [0.05, 0.1) is 6.61 Å². The molecule has 17 heavy (non-hydrogen) atoms. The van der Waals surface area contributed by atoms with Gasteiger partial charge in [-0.15, -0.1) is 0 Å². The molecule has 0 unspecified atom stereocenters. The Morgan fingerprint density at radius 2 is 2.47 bits per heavy atom. The number of pyridine rings is 1. The number of rotatable bonds is 6. The summed E-state index contributed by atoms with van der Waals surface area (Å²) in [6.07, 6.45) is 4.65. The number of nitrogens with zero attached hydrogens (tertiary/aromatic N) is 1. The van der Waals surface area contributed by atoms with Gasteiger partial charge in [0.1, 0.15) is 5.15 Å². The maximum Gasteiger partial charge on any atom is 0.244 e. The zero-order chi connectivity index (χ0) is 12.5. The van der Waals surface area contributed by atoms with E-state index < -0.39 is 0 Å². The van der Waals surface area contributed by atoms with E-state index in [9.17, 15) is 4.79 Å². The molecule has 4 nitrogen and oxygen atoms in total. The van der Waals surface area contributed by atoms with Crippen LogP contribution < -0.4 is 5.32 Å². The molecule has 0 saturated carbocycles. The highest BCUT2D eigenvalue weighted by Gasteiger charge is 1.97. The van der Waals surface area contributed by atoms with Crippen molar-refractivity contribution in [1.29, 1.82) is 0 Å². The van der Waals surface area contributed by atoms with Crippen LogP contribution in [0.4, 0.5) is 0 Å². The van der Waals surface area contributed by atoms with Gasteiger partial charge in [-0.25, -0.2) is 4.98 Å². The first-order valence-corrected chi connectivity index (χ1v) is 5.76. The molecule has 0 aromatic carbocycles. The minimum absolute atomic E-state index is 0.176. The second-order valence-electron chi connectivity index (χ2n) is 3.20. The molecule has 0 radical (unpaired) electrons. The van der Waals surface area contributed by atoms with Crippen molar-refractivity contribution in [2.24, 2.45) is 0 Å². The fourth-order valence-corrected chi connectivity index (χ4v) is 1.32. The number of amides is 1. The second-order valence-corrected chi connectivity index (χ2v) is 3.56. The largest absolute Gasteiger partial charge is 0.380 e. The van der Waals surface area contributed by atoms with Crippen molar-refractivity contribution in [2.75, 3.05) is 19.8 Å². The van der Waals surface area contributed by atoms with Crippen LogP contribution in [0.3, 0.4) is 0 Å². The molecule has 1 aromatic rings. The van der Waals surface area contributed by atoms with Gasteiger partial charge >= 0.3 is 0 Å². The molecule has 0 bridgehead atoms. The fourth-order valence-electron chi connectivity index (χ4n) is 1.14. The number of ether oxygens (including phenoxy) is 1. The third kappa shape index (κ3) is 5.47. The summed E-state index contributed by atoms with van der Waals surface area (Å²) in [5.41, 5.74) is 0.717. The summed E-state index contributed by atoms with van der Waals surface area (Å²) < 4.78 is 5.10. The van der Waals surface area contributed by atoms with Gasteiger partial charge in [-0.1, -0.05) is 17.7 Å². The zero-order valence-corrected chi connectivity index (χ0v) is 10.4. The van der Waals surface area contributed by atoms with Crippen molar-refractivity contribution in [3.8, 4) is 0 Å². The lowest BCUT2D eigenvalue weighted by Crippen LogP contribution is -2.25. The molecular weight excluding hydrogens is 240 g/mol. The Morgan fingerprint density at radius 3 is 3.18 bits per heavy atom.